The first-order valence-electron chi connectivity index (χ1n) is 8.73. The van der Waals surface area contributed by atoms with Gasteiger partial charge in [0.15, 0.2) is 5.96 Å². The van der Waals surface area contributed by atoms with Gasteiger partial charge in [0, 0.05) is 32.8 Å². The predicted octanol–water partition coefficient (Wildman–Crippen LogP) is 2.55. The van der Waals surface area contributed by atoms with Crippen molar-refractivity contribution >= 4 is 46.3 Å². The molecule has 0 spiro atoms. The molecule has 6 nitrogen and oxygen atoms in total. The van der Waals surface area contributed by atoms with E-state index in [4.69, 9.17) is 9.47 Å². The van der Waals surface area contributed by atoms with Gasteiger partial charge in [-0.3, -0.25) is 4.99 Å². The second kappa shape index (κ2) is 13.6. The molecule has 2 heterocycles. The quantitative estimate of drug-likeness (QED) is 0.245. The molecule has 144 valence electrons. The van der Waals surface area contributed by atoms with Gasteiger partial charge < -0.3 is 25.0 Å². The summed E-state index contributed by atoms with van der Waals surface area (Å²) in [5.41, 5.74) is 0. The largest absolute Gasteiger partial charge is 0.382 e. The molecule has 1 aliphatic rings. The lowest BCUT2D eigenvalue weighted by molar-refractivity contribution is 0.0748. The lowest BCUT2D eigenvalue weighted by Crippen LogP contribution is -2.48. The highest BCUT2D eigenvalue weighted by molar-refractivity contribution is 14.0. The van der Waals surface area contributed by atoms with Crippen LogP contribution in [0.25, 0.3) is 0 Å². The molecular weight excluding hydrogens is 451 g/mol. The first-order chi connectivity index (χ1) is 11.8. The zero-order valence-corrected chi connectivity index (χ0v) is 18.3. The van der Waals surface area contributed by atoms with E-state index in [2.05, 4.69) is 45.0 Å². The normalized spacial score (nSPS) is 15.8. The molecule has 0 saturated carbocycles. The number of hydrogen-bond acceptors (Lipinski definition) is 5. The first-order valence-corrected chi connectivity index (χ1v) is 9.61. The minimum absolute atomic E-state index is 0. The van der Waals surface area contributed by atoms with Crippen molar-refractivity contribution in [2.45, 2.75) is 25.8 Å². The molecule has 1 saturated heterocycles. The number of rotatable bonds is 9. The van der Waals surface area contributed by atoms with Gasteiger partial charge in [0.05, 0.1) is 31.4 Å². The summed E-state index contributed by atoms with van der Waals surface area (Å²) in [7, 11) is 1.68. The van der Waals surface area contributed by atoms with Gasteiger partial charge in [-0.15, -0.1) is 35.3 Å². The van der Waals surface area contributed by atoms with Crippen molar-refractivity contribution in [3.8, 4) is 0 Å². The molecular formula is C17H31IN4O2S. The fraction of sp³-hybridized carbons (Fsp3) is 0.706. The van der Waals surface area contributed by atoms with Crippen molar-refractivity contribution in [1.29, 1.82) is 0 Å². The molecule has 0 aliphatic carbocycles. The van der Waals surface area contributed by atoms with Gasteiger partial charge in [0.25, 0.3) is 0 Å². The van der Waals surface area contributed by atoms with Crippen LogP contribution in [0.3, 0.4) is 0 Å². The minimum atomic E-state index is 0. The maximum absolute atomic E-state index is 5.45. The summed E-state index contributed by atoms with van der Waals surface area (Å²) < 4.78 is 10.4. The van der Waals surface area contributed by atoms with E-state index in [1.54, 1.807) is 7.11 Å². The highest BCUT2D eigenvalue weighted by Crippen LogP contribution is 2.24. The van der Waals surface area contributed by atoms with Crippen molar-refractivity contribution in [2.24, 2.45) is 4.99 Å². The van der Waals surface area contributed by atoms with Gasteiger partial charge in [-0.05, 0) is 37.3 Å². The number of methoxy groups -OCH3 is 1. The number of piperidine rings is 1. The molecule has 1 aromatic heterocycles. The summed E-state index contributed by atoms with van der Waals surface area (Å²) in [5.74, 6) is 0.891. The van der Waals surface area contributed by atoms with Crippen LogP contribution in [-0.2, 0) is 9.47 Å². The van der Waals surface area contributed by atoms with Gasteiger partial charge in [-0.1, -0.05) is 0 Å². The molecule has 0 radical (unpaired) electrons. The Morgan fingerprint density at radius 3 is 2.76 bits per heavy atom. The van der Waals surface area contributed by atoms with E-state index in [-0.39, 0.29) is 24.0 Å². The Balaban J connectivity index is 0.00000312. The summed E-state index contributed by atoms with van der Waals surface area (Å²) >= 11 is 1.82. The molecule has 0 atom stereocenters. The number of thiophene rings is 1. The third-order valence-corrected chi connectivity index (χ3v) is 4.86. The average molecular weight is 482 g/mol. The molecule has 0 aromatic carbocycles. The zero-order chi connectivity index (χ0) is 17.0. The highest BCUT2D eigenvalue weighted by Gasteiger charge is 2.20. The fourth-order valence-corrected chi connectivity index (χ4v) is 3.46. The van der Waals surface area contributed by atoms with E-state index >= 15 is 0 Å². The highest BCUT2D eigenvalue weighted by atomic mass is 127. The van der Waals surface area contributed by atoms with E-state index in [1.165, 1.54) is 5.00 Å². The Morgan fingerprint density at radius 2 is 2.12 bits per heavy atom. The lowest BCUT2D eigenvalue weighted by atomic mass is 10.1. The fourth-order valence-electron chi connectivity index (χ4n) is 2.67. The lowest BCUT2D eigenvalue weighted by Gasteiger charge is -2.33. The number of anilines is 1. The van der Waals surface area contributed by atoms with Crippen molar-refractivity contribution in [2.75, 3.05) is 58.0 Å². The van der Waals surface area contributed by atoms with Crippen LogP contribution in [0.5, 0.6) is 0 Å². The van der Waals surface area contributed by atoms with Crippen LogP contribution in [0.15, 0.2) is 22.5 Å². The summed E-state index contributed by atoms with van der Waals surface area (Å²) in [4.78, 5) is 7.06. The summed E-state index contributed by atoms with van der Waals surface area (Å²) in [6.45, 7) is 7.68. The van der Waals surface area contributed by atoms with Crippen LogP contribution < -0.4 is 15.5 Å². The maximum atomic E-state index is 5.45. The number of aliphatic imine (C=N–C) groups is 1. The summed E-state index contributed by atoms with van der Waals surface area (Å²) in [6, 6.07) is 4.80. The second-order valence-corrected chi connectivity index (χ2v) is 6.65. The number of halogens is 1. The molecule has 8 heteroatoms. The smallest absolute Gasteiger partial charge is 0.191 e. The third-order valence-electron chi connectivity index (χ3n) is 3.94. The molecule has 1 aliphatic heterocycles. The van der Waals surface area contributed by atoms with Crippen LogP contribution in [0, 0.1) is 0 Å². The molecule has 0 unspecified atom stereocenters. The summed E-state index contributed by atoms with van der Waals surface area (Å²) in [6.07, 6.45) is 2.26. The van der Waals surface area contributed by atoms with E-state index in [0.29, 0.717) is 32.4 Å². The van der Waals surface area contributed by atoms with Gasteiger partial charge in [0.1, 0.15) is 0 Å². The standard InChI is InChI=1S/C17H30N4O2S.HI/c1-3-18-17(19-8-11-23-13-12-22-2)20-15-6-9-21(10-7-15)16-5-4-14-24-16;/h4-5,14-15H,3,6-13H2,1-2H3,(H2,18,19,20);1H. The monoisotopic (exact) mass is 482 g/mol. The number of guanidine groups is 1. The first kappa shape index (κ1) is 22.5. The Morgan fingerprint density at radius 1 is 1.32 bits per heavy atom. The topological polar surface area (TPSA) is 58.1 Å². The Labute approximate surface area is 172 Å². The summed E-state index contributed by atoms with van der Waals surface area (Å²) in [5, 5.41) is 10.4. The molecule has 1 aromatic rings. The molecule has 25 heavy (non-hydrogen) atoms. The maximum Gasteiger partial charge on any atom is 0.191 e. The molecule has 0 amide bonds. The van der Waals surface area contributed by atoms with E-state index in [0.717, 1.165) is 38.4 Å². The van der Waals surface area contributed by atoms with Crippen molar-refractivity contribution in [3.63, 3.8) is 0 Å². The van der Waals surface area contributed by atoms with Crippen LogP contribution in [-0.4, -0.2) is 65.1 Å². The number of nitrogens with zero attached hydrogens (tertiary/aromatic N) is 2. The van der Waals surface area contributed by atoms with Crippen LogP contribution in [0.2, 0.25) is 0 Å². The Bertz CT molecular complexity index is 465. The molecule has 2 rings (SSSR count). The Kier molecular flexibility index (Phi) is 12.2. The van der Waals surface area contributed by atoms with Crippen LogP contribution in [0.4, 0.5) is 5.00 Å². The molecule has 0 bridgehead atoms. The van der Waals surface area contributed by atoms with Gasteiger partial charge in [-0.25, -0.2) is 0 Å². The predicted molar refractivity (Wildman–Crippen MR) is 117 cm³/mol. The number of ether oxygens (including phenoxy) is 2. The third kappa shape index (κ3) is 8.57. The van der Waals surface area contributed by atoms with Crippen molar-refractivity contribution in [3.05, 3.63) is 17.5 Å². The SMILES string of the molecule is CCNC(=NCCOCCOC)NC1CCN(c2cccs2)CC1.I. The van der Waals surface area contributed by atoms with Crippen molar-refractivity contribution < 1.29 is 9.47 Å². The van der Waals surface area contributed by atoms with Gasteiger partial charge in [0.2, 0.25) is 0 Å². The van der Waals surface area contributed by atoms with Crippen LogP contribution >= 0.6 is 35.3 Å². The number of nitrogens with one attached hydrogen (secondary N) is 2. The number of hydrogen-bond donors (Lipinski definition) is 2. The average Bonchev–Trinajstić information content (AvgIpc) is 3.13. The van der Waals surface area contributed by atoms with Crippen molar-refractivity contribution in [1.82, 2.24) is 10.6 Å². The minimum Gasteiger partial charge on any atom is -0.382 e. The molecule has 2 N–H and O–H groups in total. The van der Waals surface area contributed by atoms with E-state index < -0.39 is 0 Å². The Hall–Kier alpha value is -0.580. The molecule has 1 fully saturated rings. The van der Waals surface area contributed by atoms with Gasteiger partial charge in [-0.2, -0.15) is 0 Å². The van der Waals surface area contributed by atoms with Gasteiger partial charge >= 0.3 is 0 Å². The van der Waals surface area contributed by atoms with E-state index in [9.17, 15) is 0 Å². The zero-order valence-electron chi connectivity index (χ0n) is 15.2. The second-order valence-electron chi connectivity index (χ2n) is 5.72. The van der Waals surface area contributed by atoms with Crippen LogP contribution in [0.1, 0.15) is 19.8 Å². The van der Waals surface area contributed by atoms with E-state index in [1.807, 2.05) is 11.3 Å².